The lowest BCUT2D eigenvalue weighted by Crippen LogP contribution is -2.32. The molecule has 1 aromatic heterocycles. The van der Waals surface area contributed by atoms with E-state index in [-0.39, 0.29) is 16.8 Å². The fourth-order valence-corrected chi connectivity index (χ4v) is 3.98. The molecule has 1 heterocycles. The highest BCUT2D eigenvalue weighted by Crippen LogP contribution is 2.21. The Morgan fingerprint density at radius 1 is 0.970 bits per heavy atom. The van der Waals surface area contributed by atoms with Crippen LogP contribution in [-0.2, 0) is 14.8 Å². The zero-order chi connectivity index (χ0) is 24.0. The first-order chi connectivity index (χ1) is 15.7. The first kappa shape index (κ1) is 24.0. The molecule has 0 radical (unpaired) electrons. The number of hydrogen-bond donors (Lipinski definition) is 2. The third kappa shape index (κ3) is 6.42. The van der Waals surface area contributed by atoms with Crippen LogP contribution in [0.3, 0.4) is 0 Å². The Kier molecular flexibility index (Phi) is 7.49. The number of nitrogens with zero attached hydrogens (tertiary/aromatic N) is 2. The van der Waals surface area contributed by atoms with Gasteiger partial charge in [-0.15, -0.1) is 0 Å². The zero-order valence-electron chi connectivity index (χ0n) is 18.8. The first-order valence-corrected chi connectivity index (χ1v) is 11.7. The van der Waals surface area contributed by atoms with E-state index in [0.29, 0.717) is 35.0 Å². The number of sulfonamides is 1. The highest BCUT2D eigenvalue weighted by atomic mass is 32.2. The van der Waals surface area contributed by atoms with Crippen molar-refractivity contribution in [3.8, 4) is 11.5 Å². The second-order valence-electron chi connectivity index (χ2n) is 7.28. The van der Waals surface area contributed by atoms with E-state index in [1.54, 1.807) is 51.3 Å². The quantitative estimate of drug-likeness (QED) is 0.489. The number of anilines is 2. The number of benzene rings is 2. The standard InChI is InChI=1S/C23H26N4O5S/c1-5-21(32-19-10-8-18(31-4)9-11-19)22(28)26-17-6-12-20(13-7-17)33(29,30)27-23-24-15(2)14-16(3)25-23/h6-14,21H,5H2,1-4H3,(H,26,28)(H,24,25,27). The molecule has 0 aliphatic carbocycles. The van der Waals surface area contributed by atoms with Gasteiger partial charge in [0, 0.05) is 17.1 Å². The summed E-state index contributed by atoms with van der Waals surface area (Å²) in [6.45, 7) is 5.35. The molecule has 0 saturated heterocycles. The fraction of sp³-hybridized carbons (Fsp3) is 0.261. The lowest BCUT2D eigenvalue weighted by atomic mass is 10.2. The minimum absolute atomic E-state index is 0.00588. The number of amides is 1. The number of ether oxygens (including phenoxy) is 2. The Morgan fingerprint density at radius 2 is 1.55 bits per heavy atom. The SMILES string of the molecule is CCC(Oc1ccc(OC)cc1)C(=O)Nc1ccc(S(=O)(=O)Nc2nc(C)cc(C)n2)cc1. The first-order valence-electron chi connectivity index (χ1n) is 10.3. The van der Waals surface area contributed by atoms with E-state index >= 15 is 0 Å². The summed E-state index contributed by atoms with van der Waals surface area (Å²) < 4.78 is 38.6. The summed E-state index contributed by atoms with van der Waals surface area (Å²) in [6, 6.07) is 14.5. The smallest absolute Gasteiger partial charge is 0.265 e. The minimum Gasteiger partial charge on any atom is -0.497 e. The molecule has 1 atom stereocenters. The molecular weight excluding hydrogens is 444 g/mol. The molecule has 3 aromatic rings. The Labute approximate surface area is 193 Å². The van der Waals surface area contributed by atoms with Crippen molar-refractivity contribution in [2.24, 2.45) is 0 Å². The number of nitrogens with one attached hydrogen (secondary N) is 2. The van der Waals surface area contributed by atoms with E-state index in [9.17, 15) is 13.2 Å². The zero-order valence-corrected chi connectivity index (χ0v) is 19.6. The van der Waals surface area contributed by atoms with Gasteiger partial charge >= 0.3 is 0 Å². The number of aromatic nitrogens is 2. The molecule has 33 heavy (non-hydrogen) atoms. The molecule has 1 amide bonds. The maximum Gasteiger partial charge on any atom is 0.265 e. The van der Waals surface area contributed by atoms with E-state index in [0.717, 1.165) is 0 Å². The van der Waals surface area contributed by atoms with Crippen molar-refractivity contribution in [3.05, 3.63) is 66.0 Å². The molecule has 174 valence electrons. The third-order valence-electron chi connectivity index (χ3n) is 4.64. The Morgan fingerprint density at radius 3 is 2.09 bits per heavy atom. The molecule has 3 rings (SSSR count). The average Bonchev–Trinajstić information content (AvgIpc) is 2.77. The molecule has 10 heteroatoms. The topological polar surface area (TPSA) is 120 Å². The summed E-state index contributed by atoms with van der Waals surface area (Å²) >= 11 is 0. The summed E-state index contributed by atoms with van der Waals surface area (Å²) in [5.41, 5.74) is 1.75. The van der Waals surface area contributed by atoms with E-state index < -0.39 is 16.1 Å². The number of hydrogen-bond acceptors (Lipinski definition) is 7. The maximum absolute atomic E-state index is 12.7. The maximum atomic E-state index is 12.7. The summed E-state index contributed by atoms with van der Waals surface area (Å²) in [7, 11) is -2.31. The van der Waals surface area contributed by atoms with Crippen LogP contribution in [-0.4, -0.2) is 37.5 Å². The molecule has 9 nitrogen and oxygen atoms in total. The molecule has 1 unspecified atom stereocenters. The van der Waals surface area contributed by atoms with Gasteiger partial charge in [0.05, 0.1) is 12.0 Å². The number of rotatable bonds is 9. The van der Waals surface area contributed by atoms with Crippen molar-refractivity contribution in [3.63, 3.8) is 0 Å². The van der Waals surface area contributed by atoms with Crippen LogP contribution in [0, 0.1) is 13.8 Å². The lowest BCUT2D eigenvalue weighted by Gasteiger charge is -2.17. The molecule has 0 aliphatic heterocycles. The predicted octanol–water partition coefficient (Wildman–Crippen LogP) is 3.70. The van der Waals surface area contributed by atoms with Crippen molar-refractivity contribution in [2.75, 3.05) is 17.1 Å². The van der Waals surface area contributed by atoms with Gasteiger partial charge < -0.3 is 14.8 Å². The Balaban J connectivity index is 1.66. The van der Waals surface area contributed by atoms with Crippen molar-refractivity contribution in [1.82, 2.24) is 9.97 Å². The van der Waals surface area contributed by atoms with Gasteiger partial charge in [0.1, 0.15) is 11.5 Å². The fourth-order valence-electron chi connectivity index (χ4n) is 3.03. The van der Waals surface area contributed by atoms with Gasteiger partial charge in [-0.25, -0.2) is 23.1 Å². The molecule has 0 aliphatic rings. The number of aryl methyl sites for hydroxylation is 2. The van der Waals surface area contributed by atoms with Crippen molar-refractivity contribution >= 4 is 27.6 Å². The van der Waals surface area contributed by atoms with E-state index in [1.807, 2.05) is 6.92 Å². The van der Waals surface area contributed by atoms with Crippen LogP contribution < -0.4 is 19.5 Å². The van der Waals surface area contributed by atoms with E-state index in [1.165, 1.54) is 24.3 Å². The normalized spacial score (nSPS) is 12.0. The highest BCUT2D eigenvalue weighted by molar-refractivity contribution is 7.92. The van der Waals surface area contributed by atoms with Crippen molar-refractivity contribution in [2.45, 2.75) is 38.2 Å². The van der Waals surface area contributed by atoms with Crippen LogP contribution in [0.15, 0.2) is 59.5 Å². The van der Waals surface area contributed by atoms with Gasteiger partial charge in [-0.2, -0.15) is 0 Å². The van der Waals surface area contributed by atoms with Gasteiger partial charge in [-0.1, -0.05) is 6.92 Å². The lowest BCUT2D eigenvalue weighted by molar-refractivity contribution is -0.122. The summed E-state index contributed by atoms with van der Waals surface area (Å²) in [5.74, 6) is 0.893. The highest BCUT2D eigenvalue weighted by Gasteiger charge is 2.20. The number of carbonyl (C=O) groups is 1. The molecule has 0 saturated carbocycles. The molecule has 2 N–H and O–H groups in total. The van der Waals surface area contributed by atoms with Crippen LogP contribution in [0.1, 0.15) is 24.7 Å². The number of methoxy groups -OCH3 is 1. The van der Waals surface area contributed by atoms with Crippen LogP contribution in [0.2, 0.25) is 0 Å². The Bertz CT molecular complexity index is 1190. The predicted molar refractivity (Wildman–Crippen MR) is 125 cm³/mol. The molecular formula is C23H26N4O5S. The molecule has 0 fully saturated rings. The van der Waals surface area contributed by atoms with E-state index in [2.05, 4.69) is 20.0 Å². The van der Waals surface area contributed by atoms with Crippen LogP contribution in [0.5, 0.6) is 11.5 Å². The van der Waals surface area contributed by atoms with Crippen molar-refractivity contribution < 1.29 is 22.7 Å². The van der Waals surface area contributed by atoms with E-state index in [4.69, 9.17) is 9.47 Å². The van der Waals surface area contributed by atoms with Crippen molar-refractivity contribution in [1.29, 1.82) is 0 Å². The van der Waals surface area contributed by atoms with Crippen LogP contribution in [0.4, 0.5) is 11.6 Å². The van der Waals surface area contributed by atoms with Crippen LogP contribution >= 0.6 is 0 Å². The monoisotopic (exact) mass is 470 g/mol. The summed E-state index contributed by atoms with van der Waals surface area (Å²) in [6.07, 6.45) is -0.269. The van der Waals surface area contributed by atoms with Crippen LogP contribution in [0.25, 0.3) is 0 Å². The van der Waals surface area contributed by atoms with Gasteiger partial charge in [-0.3, -0.25) is 4.79 Å². The molecule has 0 bridgehead atoms. The van der Waals surface area contributed by atoms with Gasteiger partial charge in [-0.05, 0) is 74.9 Å². The van der Waals surface area contributed by atoms with Gasteiger partial charge in [0.25, 0.3) is 15.9 Å². The molecule has 0 spiro atoms. The summed E-state index contributed by atoms with van der Waals surface area (Å²) in [4.78, 5) is 20.9. The second-order valence-corrected chi connectivity index (χ2v) is 8.97. The Hall–Kier alpha value is -3.66. The number of carbonyl (C=O) groups excluding carboxylic acids is 1. The molecule has 2 aromatic carbocycles. The summed E-state index contributed by atoms with van der Waals surface area (Å²) in [5, 5.41) is 2.75. The van der Waals surface area contributed by atoms with Gasteiger partial charge in [0.2, 0.25) is 5.95 Å². The minimum atomic E-state index is -3.88. The second kappa shape index (κ2) is 10.3. The average molecular weight is 471 g/mol. The van der Waals surface area contributed by atoms with Gasteiger partial charge in [0.15, 0.2) is 6.10 Å². The largest absolute Gasteiger partial charge is 0.497 e. The third-order valence-corrected chi connectivity index (χ3v) is 5.99.